The Labute approximate surface area is 156 Å². The van der Waals surface area contributed by atoms with Gasteiger partial charge in [-0.1, -0.05) is 11.8 Å². The summed E-state index contributed by atoms with van der Waals surface area (Å²) in [6.07, 6.45) is 7.39. The molecule has 3 N–H and O–H groups in total. The second-order valence-corrected chi connectivity index (χ2v) is 7.21. The lowest BCUT2D eigenvalue weighted by atomic mass is 10.4. The van der Waals surface area contributed by atoms with E-state index in [1.165, 1.54) is 11.8 Å². The summed E-state index contributed by atoms with van der Waals surface area (Å²) in [4.78, 5) is 11.4. The summed E-state index contributed by atoms with van der Waals surface area (Å²) in [5, 5.41) is 16.1. The molecule has 0 amide bonds. The Bertz CT molecular complexity index is 677. The number of aryl methyl sites for hydroxylation is 1. The Balaban J connectivity index is 1.54. The molecule has 0 aliphatic rings. The van der Waals surface area contributed by atoms with Crippen LogP contribution in [0.1, 0.15) is 17.8 Å². The molecule has 0 aliphatic carbocycles. The van der Waals surface area contributed by atoms with Gasteiger partial charge in [-0.05, 0) is 13.3 Å². The van der Waals surface area contributed by atoms with Crippen LogP contribution in [0.15, 0.2) is 40.3 Å². The average molecular weight is 379 g/mol. The van der Waals surface area contributed by atoms with Gasteiger partial charge in [-0.2, -0.15) is 17.0 Å². The molecule has 134 valence electrons. The maximum atomic E-state index is 8.88. The van der Waals surface area contributed by atoms with Crippen molar-refractivity contribution in [1.29, 1.82) is 5.26 Å². The number of thioether (sulfide) groups is 2. The molecule has 7 nitrogen and oxygen atoms in total. The molecule has 0 atom stereocenters. The first-order valence-electron chi connectivity index (χ1n) is 7.96. The predicted octanol–water partition coefficient (Wildman–Crippen LogP) is 2.67. The summed E-state index contributed by atoms with van der Waals surface area (Å²) in [6.45, 7) is 3.58. The van der Waals surface area contributed by atoms with Crippen LogP contribution >= 0.6 is 23.5 Å². The molecule has 0 bridgehead atoms. The monoisotopic (exact) mass is 378 g/mol. The van der Waals surface area contributed by atoms with Crippen LogP contribution < -0.4 is 10.6 Å². The molecule has 0 aromatic carbocycles. The van der Waals surface area contributed by atoms with Crippen molar-refractivity contribution in [2.24, 2.45) is 0 Å². The van der Waals surface area contributed by atoms with Crippen molar-refractivity contribution in [3.8, 4) is 6.07 Å². The van der Waals surface area contributed by atoms with E-state index in [-0.39, 0.29) is 0 Å². The van der Waals surface area contributed by atoms with Crippen molar-refractivity contribution in [3.05, 3.63) is 42.1 Å². The highest BCUT2D eigenvalue weighted by Crippen LogP contribution is 2.15. The summed E-state index contributed by atoms with van der Waals surface area (Å²) < 4.78 is 5.17. The zero-order valence-electron chi connectivity index (χ0n) is 14.1. The van der Waals surface area contributed by atoms with Crippen molar-refractivity contribution >= 4 is 23.5 Å². The van der Waals surface area contributed by atoms with E-state index in [0.29, 0.717) is 5.22 Å². The Morgan fingerprint density at radius 3 is 2.96 bits per heavy atom. The van der Waals surface area contributed by atoms with Crippen LogP contribution in [0.4, 0.5) is 0 Å². The number of oxazole rings is 1. The fraction of sp³-hybridized carbons (Fsp3) is 0.438. The molecule has 2 heterocycles. The van der Waals surface area contributed by atoms with Crippen molar-refractivity contribution in [2.75, 3.05) is 24.6 Å². The first-order valence-corrected chi connectivity index (χ1v) is 10.1. The molecule has 2 rings (SSSR count). The first kappa shape index (κ1) is 19.3. The zero-order valence-corrected chi connectivity index (χ0v) is 15.8. The quantitative estimate of drug-likeness (QED) is 0.294. The van der Waals surface area contributed by atoms with E-state index in [9.17, 15) is 0 Å². The Morgan fingerprint density at radius 2 is 2.24 bits per heavy atom. The van der Waals surface area contributed by atoms with Gasteiger partial charge in [-0.15, -0.1) is 0 Å². The van der Waals surface area contributed by atoms with Gasteiger partial charge in [0.25, 0.3) is 5.22 Å². The van der Waals surface area contributed by atoms with Crippen LogP contribution in [0.5, 0.6) is 0 Å². The lowest BCUT2D eigenvalue weighted by molar-refractivity contribution is 0.454. The highest BCUT2D eigenvalue weighted by atomic mass is 32.2. The Hall–Kier alpha value is -2.05. The molecule has 2 aromatic heterocycles. The Morgan fingerprint density at radius 1 is 1.36 bits per heavy atom. The number of H-pyrrole nitrogens is 1. The van der Waals surface area contributed by atoms with E-state index < -0.39 is 0 Å². The SMILES string of the molecule is Cc1nc[nH]c1CSCCNC(=CC#N)NCCCSc1ncco1. The van der Waals surface area contributed by atoms with Gasteiger partial charge in [0.1, 0.15) is 12.1 Å². The van der Waals surface area contributed by atoms with E-state index in [2.05, 4.69) is 31.7 Å². The number of allylic oxidation sites excluding steroid dienone is 1. The van der Waals surface area contributed by atoms with E-state index in [1.54, 1.807) is 30.5 Å². The average Bonchev–Trinajstić information content (AvgIpc) is 3.26. The minimum atomic E-state index is 0.690. The maximum absolute atomic E-state index is 8.88. The molecule has 25 heavy (non-hydrogen) atoms. The molecule has 0 spiro atoms. The number of hydrogen-bond donors (Lipinski definition) is 3. The van der Waals surface area contributed by atoms with Crippen molar-refractivity contribution in [2.45, 2.75) is 24.3 Å². The summed E-state index contributed by atoms with van der Waals surface area (Å²) in [7, 11) is 0. The van der Waals surface area contributed by atoms with Gasteiger partial charge >= 0.3 is 0 Å². The number of hydrogen-bond acceptors (Lipinski definition) is 8. The molecule has 0 saturated carbocycles. The van der Waals surface area contributed by atoms with Gasteiger partial charge < -0.3 is 20.0 Å². The molecule has 0 saturated heterocycles. The number of nitriles is 1. The predicted molar refractivity (Wildman–Crippen MR) is 101 cm³/mol. The van der Waals surface area contributed by atoms with Crippen molar-refractivity contribution in [3.63, 3.8) is 0 Å². The molecule has 2 aromatic rings. The zero-order chi connectivity index (χ0) is 17.7. The molecular formula is C16H22N6OS2. The van der Waals surface area contributed by atoms with Gasteiger partial charge in [0, 0.05) is 36.0 Å². The molecule has 0 unspecified atom stereocenters. The molecule has 0 radical (unpaired) electrons. The summed E-state index contributed by atoms with van der Waals surface area (Å²) in [5.41, 5.74) is 2.22. The van der Waals surface area contributed by atoms with E-state index in [4.69, 9.17) is 9.68 Å². The number of nitrogens with zero attached hydrogens (tertiary/aromatic N) is 3. The van der Waals surface area contributed by atoms with E-state index >= 15 is 0 Å². The fourth-order valence-electron chi connectivity index (χ4n) is 1.93. The normalized spacial score (nSPS) is 11.3. The van der Waals surface area contributed by atoms with Gasteiger partial charge in [0.05, 0.1) is 30.4 Å². The maximum Gasteiger partial charge on any atom is 0.255 e. The van der Waals surface area contributed by atoms with Crippen LogP contribution in [0.2, 0.25) is 0 Å². The van der Waals surface area contributed by atoms with Crippen LogP contribution in [0.3, 0.4) is 0 Å². The van der Waals surface area contributed by atoms with Gasteiger partial charge in [-0.3, -0.25) is 0 Å². The highest BCUT2D eigenvalue weighted by Gasteiger charge is 2.01. The van der Waals surface area contributed by atoms with Gasteiger partial charge in [0.2, 0.25) is 0 Å². The fourth-order valence-corrected chi connectivity index (χ4v) is 3.54. The van der Waals surface area contributed by atoms with E-state index in [0.717, 1.165) is 48.3 Å². The largest absolute Gasteiger partial charge is 0.440 e. The molecule has 9 heteroatoms. The lowest BCUT2D eigenvalue weighted by Crippen LogP contribution is -2.29. The number of imidazole rings is 1. The Kier molecular flexibility index (Phi) is 8.86. The number of aromatic amines is 1. The number of aromatic nitrogens is 3. The van der Waals surface area contributed by atoms with Crippen LogP contribution in [-0.4, -0.2) is 39.5 Å². The van der Waals surface area contributed by atoms with Gasteiger partial charge in [0.15, 0.2) is 0 Å². The third-order valence-corrected chi connectivity index (χ3v) is 5.15. The molecule has 0 fully saturated rings. The first-order chi connectivity index (χ1) is 12.3. The second kappa shape index (κ2) is 11.5. The second-order valence-electron chi connectivity index (χ2n) is 5.06. The standard InChI is InChI=1S/C16H22N6OS2/c1-13-14(22-12-21-13)11-24-10-7-19-15(3-4-17)18-5-2-9-25-16-20-6-8-23-16/h3,6,8,12,18-19H,2,5,7,9-11H2,1H3,(H,21,22). The molecular weight excluding hydrogens is 356 g/mol. The van der Waals surface area contributed by atoms with Crippen molar-refractivity contribution in [1.82, 2.24) is 25.6 Å². The smallest absolute Gasteiger partial charge is 0.255 e. The van der Waals surface area contributed by atoms with Crippen molar-refractivity contribution < 1.29 is 4.42 Å². The van der Waals surface area contributed by atoms with Crippen LogP contribution in [0, 0.1) is 18.3 Å². The van der Waals surface area contributed by atoms with Crippen LogP contribution in [0.25, 0.3) is 0 Å². The number of rotatable bonds is 12. The number of nitrogens with one attached hydrogen (secondary N) is 3. The highest BCUT2D eigenvalue weighted by molar-refractivity contribution is 7.99. The third kappa shape index (κ3) is 7.58. The minimum absolute atomic E-state index is 0.690. The summed E-state index contributed by atoms with van der Waals surface area (Å²) >= 11 is 3.41. The molecule has 0 aliphatic heterocycles. The van der Waals surface area contributed by atoms with Crippen LogP contribution in [-0.2, 0) is 5.75 Å². The lowest BCUT2D eigenvalue weighted by Gasteiger charge is -2.12. The third-order valence-electron chi connectivity index (χ3n) is 3.22. The summed E-state index contributed by atoms with van der Waals surface area (Å²) in [5.74, 6) is 3.54. The van der Waals surface area contributed by atoms with E-state index in [1.807, 2.05) is 18.7 Å². The van der Waals surface area contributed by atoms with Gasteiger partial charge in [-0.25, -0.2) is 9.97 Å². The minimum Gasteiger partial charge on any atom is -0.440 e. The topological polar surface area (TPSA) is 103 Å². The summed E-state index contributed by atoms with van der Waals surface area (Å²) in [6, 6.07) is 2.06.